The number of nitrogens with zero attached hydrogens (tertiary/aromatic N) is 2. The van der Waals surface area contributed by atoms with Crippen LogP contribution in [0.4, 0.5) is 0 Å². The van der Waals surface area contributed by atoms with Gasteiger partial charge >= 0.3 is 0 Å². The summed E-state index contributed by atoms with van der Waals surface area (Å²) in [4.78, 5) is 8.59. The van der Waals surface area contributed by atoms with Crippen molar-refractivity contribution in [2.24, 2.45) is 5.41 Å². The first-order valence-electron chi connectivity index (χ1n) is 19.0. The number of benzene rings is 3. The monoisotopic (exact) mass is 740 g/mol. The molecule has 3 aromatic heterocycles. The summed E-state index contributed by atoms with van der Waals surface area (Å²) in [5, 5.41) is 2.09. The van der Waals surface area contributed by atoms with Crippen LogP contribution in [0, 0.1) is 38.1 Å². The van der Waals surface area contributed by atoms with Crippen molar-refractivity contribution in [1.29, 1.82) is 0 Å². The van der Waals surface area contributed by atoms with Crippen LogP contribution in [-0.2, 0) is 39.3 Å². The molecule has 1 radical (unpaired) electrons. The predicted molar refractivity (Wildman–Crippen MR) is 169 cm³/mol. The molecule has 0 unspecified atom stereocenters. The first kappa shape index (κ1) is 18.8. The molecule has 0 amide bonds. The van der Waals surface area contributed by atoms with Crippen molar-refractivity contribution in [3.05, 3.63) is 119 Å². The number of hydrogen-bond donors (Lipinski definition) is 0. The number of furan rings is 1. The zero-order valence-corrected chi connectivity index (χ0v) is 25.9. The van der Waals surface area contributed by atoms with E-state index >= 15 is 0 Å². The quantitative estimate of drug-likeness (QED) is 0.170. The Hall–Kier alpha value is -3.59. The van der Waals surface area contributed by atoms with E-state index in [1.165, 1.54) is 23.9 Å². The van der Waals surface area contributed by atoms with E-state index in [1.807, 2.05) is 39.0 Å². The third kappa shape index (κ3) is 6.11. The van der Waals surface area contributed by atoms with Crippen LogP contribution in [0.15, 0.2) is 77.5 Å². The van der Waals surface area contributed by atoms with Crippen LogP contribution in [0.1, 0.15) is 69.2 Å². The van der Waals surface area contributed by atoms with Gasteiger partial charge in [-0.25, -0.2) is 0 Å². The third-order valence-electron chi connectivity index (χ3n) is 6.94. The van der Waals surface area contributed by atoms with Gasteiger partial charge in [-0.15, -0.1) is 53.1 Å². The molecule has 6 aromatic rings. The van der Waals surface area contributed by atoms with Gasteiger partial charge < -0.3 is 14.4 Å². The fourth-order valence-electron chi connectivity index (χ4n) is 5.10. The summed E-state index contributed by atoms with van der Waals surface area (Å²) in [5.74, 6) is 0. The molecule has 0 atom stereocenters. The molecule has 215 valence electrons. The van der Waals surface area contributed by atoms with Crippen LogP contribution < -0.4 is 0 Å². The Morgan fingerprint density at radius 1 is 0.857 bits per heavy atom. The topological polar surface area (TPSA) is 38.9 Å². The van der Waals surface area contributed by atoms with Gasteiger partial charge in [0.15, 0.2) is 0 Å². The average molecular weight is 740 g/mol. The van der Waals surface area contributed by atoms with E-state index in [0.29, 0.717) is 33.7 Å². The normalized spacial score (nSPS) is 17.4. The van der Waals surface area contributed by atoms with Crippen LogP contribution >= 0.6 is 0 Å². The third-order valence-corrected chi connectivity index (χ3v) is 6.94. The molecule has 0 aliphatic heterocycles. The van der Waals surface area contributed by atoms with Crippen molar-refractivity contribution in [3.8, 4) is 22.5 Å². The molecular formula is C38H36IrN2O-2. The molecule has 0 bridgehead atoms. The first-order chi connectivity index (χ1) is 24.1. The molecule has 0 saturated heterocycles. The summed E-state index contributed by atoms with van der Waals surface area (Å²) in [7, 11) is 0. The Bertz CT molecular complexity index is 2270. The van der Waals surface area contributed by atoms with Crippen LogP contribution in [-0.4, -0.2) is 9.97 Å². The maximum atomic E-state index is 8.25. The molecule has 1 aliphatic carbocycles. The second-order valence-corrected chi connectivity index (χ2v) is 11.2. The van der Waals surface area contributed by atoms with Gasteiger partial charge in [-0.1, -0.05) is 80.9 Å². The van der Waals surface area contributed by atoms with Gasteiger partial charge in [0.2, 0.25) is 0 Å². The molecule has 42 heavy (non-hydrogen) atoms. The number of hydrogen-bond acceptors (Lipinski definition) is 3. The Kier molecular flexibility index (Phi) is 5.36. The van der Waals surface area contributed by atoms with E-state index in [1.54, 1.807) is 24.3 Å². The van der Waals surface area contributed by atoms with Gasteiger partial charge in [-0.3, -0.25) is 0 Å². The fraction of sp³-hybridized carbons (Fsp3) is 0.263. The number of aryl methyl sites for hydroxylation is 5. The minimum atomic E-state index is -2.58. The maximum Gasteiger partial charge on any atom is 0.121 e. The Labute approximate surface area is 278 Å². The van der Waals surface area contributed by atoms with Crippen molar-refractivity contribution >= 4 is 21.9 Å². The van der Waals surface area contributed by atoms with E-state index in [-0.39, 0.29) is 36.8 Å². The SMILES string of the molecule is [2H]C([2H])([2H])c1c[c-]c(-c2ccc(C([2H])([2H])C(C)(C)C)cn2)cc1.[2H]C([2H])([2H])c1cnc(-c2[c-]cc3c4c2oc2cccc(c24)CC3)cc1C([2H])([2H])[2H].[Ir]. The van der Waals surface area contributed by atoms with Gasteiger partial charge in [0, 0.05) is 53.0 Å². The van der Waals surface area contributed by atoms with Gasteiger partial charge in [-0.2, -0.15) is 0 Å². The fourth-order valence-corrected chi connectivity index (χ4v) is 5.10. The molecule has 1 aliphatic rings. The van der Waals surface area contributed by atoms with Crippen molar-refractivity contribution in [2.45, 2.75) is 60.5 Å². The van der Waals surface area contributed by atoms with Crippen LogP contribution in [0.3, 0.4) is 0 Å². The summed E-state index contributed by atoms with van der Waals surface area (Å²) in [6.07, 6.45) is 2.99. The molecule has 3 heterocycles. The molecular weight excluding hydrogens is 693 g/mol. The Morgan fingerprint density at radius 3 is 2.40 bits per heavy atom. The minimum absolute atomic E-state index is 0. The first-order valence-corrected chi connectivity index (χ1v) is 13.5. The largest absolute Gasteiger partial charge is 0.501 e. The van der Waals surface area contributed by atoms with Crippen LogP contribution in [0.5, 0.6) is 0 Å². The van der Waals surface area contributed by atoms with E-state index in [2.05, 4.69) is 28.2 Å². The van der Waals surface area contributed by atoms with E-state index in [0.717, 1.165) is 41.0 Å². The smallest absolute Gasteiger partial charge is 0.121 e. The van der Waals surface area contributed by atoms with Crippen molar-refractivity contribution in [1.82, 2.24) is 9.97 Å². The van der Waals surface area contributed by atoms with Crippen LogP contribution in [0.2, 0.25) is 0 Å². The second kappa shape index (κ2) is 12.0. The summed E-state index contributed by atoms with van der Waals surface area (Å²) in [6, 6.07) is 23.4. The van der Waals surface area contributed by atoms with Crippen LogP contribution in [0.25, 0.3) is 44.5 Å². The standard InChI is InChI=1S/C21H16NO.C17H20N.Ir/c1-12-10-17(22-11-13(12)2)16-9-8-15-7-6-14-4-3-5-18-19(14)20(15)21(16)23-18;1-13-5-8-15(9-6-13)16-10-7-14(12-18-16)11-17(2,3)4;/h3-5,8,10-11H,6-7H2,1-2H3;5-8,10,12H,11H2,1-4H3;/q2*-1;/i1D3,2D3;1D3,11D2;. The Balaban J connectivity index is 0.000000207. The summed E-state index contributed by atoms with van der Waals surface area (Å²) in [5.41, 5.74) is 5.66. The van der Waals surface area contributed by atoms with E-state index < -0.39 is 32.3 Å². The van der Waals surface area contributed by atoms with Gasteiger partial charge in [0.1, 0.15) is 5.58 Å². The Morgan fingerprint density at radius 2 is 1.69 bits per heavy atom. The molecule has 7 rings (SSSR count). The van der Waals surface area contributed by atoms with Gasteiger partial charge in [0.05, 0.1) is 5.58 Å². The zero-order valence-electron chi connectivity index (χ0n) is 34.5. The summed E-state index contributed by atoms with van der Waals surface area (Å²) < 4.78 is 91.1. The molecule has 4 heteroatoms. The number of aromatic nitrogens is 2. The predicted octanol–water partition coefficient (Wildman–Crippen LogP) is 9.61. The second-order valence-electron chi connectivity index (χ2n) is 11.2. The van der Waals surface area contributed by atoms with E-state index in [4.69, 9.17) is 19.5 Å². The minimum Gasteiger partial charge on any atom is -0.501 e. The molecule has 0 spiro atoms. The summed E-state index contributed by atoms with van der Waals surface area (Å²) >= 11 is 0. The molecule has 0 fully saturated rings. The summed E-state index contributed by atoms with van der Waals surface area (Å²) in [6.45, 7) is -1.73. The number of pyridine rings is 2. The molecule has 0 saturated carbocycles. The average Bonchev–Trinajstić information content (AvgIpc) is 3.47. The van der Waals surface area contributed by atoms with Crippen molar-refractivity contribution in [3.63, 3.8) is 0 Å². The maximum absolute atomic E-state index is 8.25. The zero-order chi connectivity index (χ0) is 38.0. The van der Waals surface area contributed by atoms with Gasteiger partial charge in [-0.05, 0) is 66.1 Å². The van der Waals surface area contributed by atoms with Crippen molar-refractivity contribution in [2.75, 3.05) is 0 Å². The van der Waals surface area contributed by atoms with Crippen molar-refractivity contribution < 1.29 is 39.6 Å². The molecule has 3 nitrogen and oxygen atoms in total. The molecule has 3 aromatic carbocycles. The number of rotatable bonds is 3. The van der Waals surface area contributed by atoms with Gasteiger partial charge in [0.25, 0.3) is 0 Å². The molecule has 0 N–H and O–H groups in total. The van der Waals surface area contributed by atoms with E-state index in [9.17, 15) is 0 Å².